The fraction of sp³-hybridized carbons (Fsp3) is 0.306. The number of rotatable bonds is 6. The number of aryl methyl sites for hydroxylation is 2. The van der Waals surface area contributed by atoms with Gasteiger partial charge in [0.2, 0.25) is 0 Å². The lowest BCUT2D eigenvalue weighted by molar-refractivity contribution is -0.128. The van der Waals surface area contributed by atoms with Crippen LogP contribution in [-0.2, 0) is 24.5 Å². The Kier molecular flexibility index (Phi) is 8.09. The van der Waals surface area contributed by atoms with E-state index in [2.05, 4.69) is 0 Å². The highest BCUT2D eigenvalue weighted by atomic mass is 32.2. The van der Waals surface area contributed by atoms with E-state index in [1.807, 2.05) is 44.2 Å². The van der Waals surface area contributed by atoms with Crippen molar-refractivity contribution in [2.75, 3.05) is 0 Å². The molecule has 2 aliphatic rings. The molecule has 44 heavy (non-hydrogen) atoms. The molecule has 0 spiro atoms. The van der Waals surface area contributed by atoms with Gasteiger partial charge in [-0.05, 0) is 74.1 Å². The normalized spacial score (nSPS) is 25.8. The zero-order chi connectivity index (χ0) is 31.2. The Morgan fingerprint density at radius 2 is 1.16 bits per heavy atom. The van der Waals surface area contributed by atoms with Gasteiger partial charge in [0.25, 0.3) is 0 Å². The Hall–Kier alpha value is -3.62. The number of carbonyl (C=O) groups is 1. The van der Waals surface area contributed by atoms with Gasteiger partial charge in [-0.15, -0.1) is 0 Å². The average Bonchev–Trinajstić information content (AvgIpc) is 3.01. The number of benzene rings is 4. The van der Waals surface area contributed by atoms with Crippen LogP contribution in [0.1, 0.15) is 53.4 Å². The average molecular weight is 631 g/mol. The Bertz CT molecular complexity index is 1890. The molecule has 8 heteroatoms. The highest BCUT2D eigenvalue weighted by Gasteiger charge is 2.56. The first kappa shape index (κ1) is 30.4. The minimum absolute atomic E-state index is 0.0113. The first-order valence-corrected chi connectivity index (χ1v) is 18.0. The van der Waals surface area contributed by atoms with Crippen LogP contribution in [0.2, 0.25) is 0 Å². The first-order valence-electron chi connectivity index (χ1n) is 14.9. The molecule has 2 aliphatic carbocycles. The van der Waals surface area contributed by atoms with Crippen LogP contribution in [0.5, 0.6) is 0 Å². The highest BCUT2D eigenvalue weighted by Crippen LogP contribution is 2.54. The Morgan fingerprint density at radius 1 is 0.614 bits per heavy atom. The molecule has 228 valence electrons. The lowest BCUT2D eigenvalue weighted by atomic mass is 9.61. The molecule has 0 bridgehead atoms. The number of ketones is 1. The summed E-state index contributed by atoms with van der Waals surface area (Å²) in [6.45, 7) is 3.75. The van der Waals surface area contributed by atoms with Gasteiger partial charge in [0, 0.05) is 24.2 Å². The molecule has 2 fully saturated rings. The van der Waals surface area contributed by atoms with Crippen LogP contribution in [0.3, 0.4) is 0 Å². The second-order valence-electron chi connectivity index (χ2n) is 12.3. The van der Waals surface area contributed by atoms with Crippen LogP contribution in [0.25, 0.3) is 0 Å². The summed E-state index contributed by atoms with van der Waals surface area (Å²) in [7, 11) is -8.00. The predicted molar refractivity (Wildman–Crippen MR) is 168 cm³/mol. The van der Waals surface area contributed by atoms with Crippen molar-refractivity contribution in [3.63, 3.8) is 0 Å². The molecule has 0 saturated heterocycles. The fourth-order valence-corrected chi connectivity index (χ4v) is 11.7. The van der Waals surface area contributed by atoms with Gasteiger partial charge < -0.3 is 0 Å². The molecule has 0 N–H and O–H groups in total. The van der Waals surface area contributed by atoms with E-state index in [1.165, 1.54) is 6.07 Å². The number of halogens is 1. The van der Waals surface area contributed by atoms with Crippen LogP contribution in [0, 0.1) is 31.5 Å². The standard InChI is InChI=1S/C36H35FO5S2/c1-23-12-16-26(17-13-23)43(39,40)35-22-30-32(20-31(35)28-10-6-7-11-33(28)37)36(44(41,42)27-18-14-24(2)15-19-27)29(21-34(30)38)25-8-4-3-5-9-25/h3-19,29-32,35-36H,20-22H2,1-2H3/t29?,30-,31?,32+,35?,36?/m1/s1. The number of fused-ring (bicyclic) bond motifs is 1. The van der Waals surface area contributed by atoms with Crippen molar-refractivity contribution in [3.8, 4) is 0 Å². The maximum Gasteiger partial charge on any atom is 0.182 e. The number of hydrogen-bond donors (Lipinski definition) is 0. The van der Waals surface area contributed by atoms with Crippen molar-refractivity contribution in [1.29, 1.82) is 0 Å². The molecule has 0 radical (unpaired) electrons. The lowest BCUT2D eigenvalue weighted by Crippen LogP contribution is -2.53. The maximum absolute atomic E-state index is 15.5. The number of sulfone groups is 2. The third-order valence-corrected chi connectivity index (χ3v) is 14.2. The third-order valence-electron chi connectivity index (χ3n) is 9.62. The number of carbonyl (C=O) groups excluding carboxylic acids is 1. The molecule has 0 amide bonds. The summed E-state index contributed by atoms with van der Waals surface area (Å²) in [5, 5.41) is -2.09. The topological polar surface area (TPSA) is 85.3 Å². The van der Waals surface area contributed by atoms with Gasteiger partial charge in [0.1, 0.15) is 11.6 Å². The van der Waals surface area contributed by atoms with E-state index in [1.54, 1.807) is 66.7 Å². The SMILES string of the molecule is Cc1ccc(S(=O)(=O)C2C[C@H]3C(=O)CC(c4ccccc4)C(S(=O)(=O)c4ccc(C)cc4)[C@H]3CC2c2ccccc2F)cc1. The molecule has 0 aliphatic heterocycles. The molecule has 6 rings (SSSR count). The summed E-state index contributed by atoms with van der Waals surface area (Å²) in [6, 6.07) is 28.5. The van der Waals surface area contributed by atoms with Gasteiger partial charge in [-0.3, -0.25) is 4.79 Å². The van der Waals surface area contributed by atoms with Crippen LogP contribution < -0.4 is 0 Å². The van der Waals surface area contributed by atoms with Gasteiger partial charge in [-0.25, -0.2) is 21.2 Å². The molecular weight excluding hydrogens is 596 g/mol. The minimum Gasteiger partial charge on any atom is -0.299 e. The quantitative estimate of drug-likeness (QED) is 0.229. The van der Waals surface area contributed by atoms with E-state index < -0.39 is 59.7 Å². The van der Waals surface area contributed by atoms with Crippen LogP contribution in [-0.4, -0.2) is 33.1 Å². The molecule has 5 nitrogen and oxygen atoms in total. The van der Waals surface area contributed by atoms with Gasteiger partial charge in [0.15, 0.2) is 19.7 Å². The molecule has 2 saturated carbocycles. The van der Waals surface area contributed by atoms with E-state index in [4.69, 9.17) is 0 Å². The minimum atomic E-state index is -4.01. The van der Waals surface area contributed by atoms with Crippen LogP contribution in [0.4, 0.5) is 4.39 Å². The van der Waals surface area contributed by atoms with Crippen molar-refractivity contribution in [2.24, 2.45) is 11.8 Å². The maximum atomic E-state index is 15.5. The van der Waals surface area contributed by atoms with Crippen molar-refractivity contribution >= 4 is 25.5 Å². The summed E-state index contributed by atoms with van der Waals surface area (Å²) in [5.41, 5.74) is 2.79. The Balaban J connectivity index is 1.52. The molecule has 4 aromatic rings. The smallest absolute Gasteiger partial charge is 0.182 e. The number of Topliss-reactive ketones (excluding diaryl/α,β-unsaturated/α-hetero) is 1. The molecule has 4 aromatic carbocycles. The van der Waals surface area contributed by atoms with Gasteiger partial charge in [0.05, 0.1) is 20.3 Å². The van der Waals surface area contributed by atoms with Gasteiger partial charge in [-0.2, -0.15) is 0 Å². The third kappa shape index (κ3) is 5.43. The highest BCUT2D eigenvalue weighted by molar-refractivity contribution is 7.92. The lowest BCUT2D eigenvalue weighted by Gasteiger charge is -2.48. The number of hydrogen-bond acceptors (Lipinski definition) is 5. The molecule has 0 aromatic heterocycles. The zero-order valence-electron chi connectivity index (χ0n) is 24.6. The van der Waals surface area contributed by atoms with E-state index in [-0.39, 0.29) is 40.4 Å². The van der Waals surface area contributed by atoms with E-state index in [9.17, 15) is 21.6 Å². The van der Waals surface area contributed by atoms with E-state index in [0.717, 1.165) is 16.7 Å². The summed E-state index contributed by atoms with van der Waals surface area (Å²) in [5.74, 6) is -3.66. The largest absolute Gasteiger partial charge is 0.299 e. The second kappa shape index (κ2) is 11.7. The van der Waals surface area contributed by atoms with Gasteiger partial charge in [-0.1, -0.05) is 83.9 Å². The summed E-state index contributed by atoms with van der Waals surface area (Å²) < 4.78 is 73.1. The van der Waals surface area contributed by atoms with Crippen molar-refractivity contribution < 1.29 is 26.0 Å². The fourth-order valence-electron chi connectivity index (χ4n) is 7.40. The first-order chi connectivity index (χ1) is 21.0. The van der Waals surface area contributed by atoms with Crippen LogP contribution in [0.15, 0.2) is 113 Å². The van der Waals surface area contributed by atoms with Crippen LogP contribution >= 0.6 is 0 Å². The van der Waals surface area contributed by atoms with Crippen molar-refractivity contribution in [1.82, 2.24) is 0 Å². The van der Waals surface area contributed by atoms with Crippen molar-refractivity contribution in [2.45, 2.75) is 65.2 Å². The second-order valence-corrected chi connectivity index (χ2v) is 16.5. The summed E-state index contributed by atoms with van der Waals surface area (Å²) in [4.78, 5) is 14.2. The van der Waals surface area contributed by atoms with E-state index in [0.29, 0.717) is 0 Å². The Labute approximate surface area is 259 Å². The zero-order valence-corrected chi connectivity index (χ0v) is 26.3. The van der Waals surface area contributed by atoms with Gasteiger partial charge >= 0.3 is 0 Å². The predicted octanol–water partition coefficient (Wildman–Crippen LogP) is 6.99. The summed E-state index contributed by atoms with van der Waals surface area (Å²) >= 11 is 0. The Morgan fingerprint density at radius 3 is 1.75 bits per heavy atom. The monoisotopic (exact) mass is 630 g/mol. The molecular formula is C36H35FO5S2. The molecule has 6 atom stereocenters. The molecule has 4 unspecified atom stereocenters. The molecule has 0 heterocycles. The van der Waals surface area contributed by atoms with Crippen molar-refractivity contribution in [3.05, 3.63) is 131 Å². The summed E-state index contributed by atoms with van der Waals surface area (Å²) in [6.07, 6.45) is -0.0328. The van der Waals surface area contributed by atoms with E-state index >= 15 is 4.39 Å².